The van der Waals surface area contributed by atoms with Gasteiger partial charge in [0.2, 0.25) is 11.2 Å². The van der Waals surface area contributed by atoms with E-state index in [0.717, 1.165) is 5.56 Å². The van der Waals surface area contributed by atoms with E-state index in [1.54, 1.807) is 43.5 Å². The van der Waals surface area contributed by atoms with E-state index >= 15 is 0 Å². The second-order valence-corrected chi connectivity index (χ2v) is 7.18. The zero-order valence-electron chi connectivity index (χ0n) is 17.0. The molecular weight excluding hydrogens is 372 g/mol. The topological polar surface area (TPSA) is 75.0 Å². The van der Waals surface area contributed by atoms with Crippen LogP contribution in [0.15, 0.2) is 51.7 Å². The van der Waals surface area contributed by atoms with Crippen LogP contribution < -0.4 is 14.9 Å². The summed E-state index contributed by atoms with van der Waals surface area (Å²) < 4.78 is 21.9. The minimum absolute atomic E-state index is 0.0187. The number of esters is 1. The first-order valence-electron chi connectivity index (χ1n) is 9.39. The van der Waals surface area contributed by atoms with Crippen LogP contribution in [0.3, 0.4) is 0 Å². The molecule has 2 aromatic carbocycles. The fraction of sp³-hybridized carbons (Fsp3) is 0.304. The summed E-state index contributed by atoms with van der Waals surface area (Å²) in [5.41, 5.74) is 1.67. The number of hydrogen-bond acceptors (Lipinski definition) is 6. The molecule has 0 spiro atoms. The molecule has 0 amide bonds. The highest BCUT2D eigenvalue weighted by Crippen LogP contribution is 2.32. The highest BCUT2D eigenvalue weighted by atomic mass is 16.6. The Hall–Kier alpha value is -3.28. The molecule has 6 heteroatoms. The maximum atomic E-state index is 13.1. The zero-order chi connectivity index (χ0) is 21.0. The van der Waals surface area contributed by atoms with E-state index in [4.69, 9.17) is 18.6 Å². The first-order chi connectivity index (χ1) is 13.9. The number of hydrogen-bond donors (Lipinski definition) is 0. The smallest absolute Gasteiger partial charge is 0.344 e. The summed E-state index contributed by atoms with van der Waals surface area (Å²) in [6.45, 7) is 5.68. The van der Waals surface area contributed by atoms with E-state index in [9.17, 15) is 9.59 Å². The van der Waals surface area contributed by atoms with Crippen molar-refractivity contribution < 1.29 is 23.4 Å². The Labute approximate surface area is 169 Å². The van der Waals surface area contributed by atoms with Gasteiger partial charge in [-0.05, 0) is 49.2 Å². The first-order valence-corrected chi connectivity index (χ1v) is 9.39. The third-order valence-electron chi connectivity index (χ3n) is 4.27. The Morgan fingerprint density at radius 1 is 1.10 bits per heavy atom. The largest absolute Gasteiger partial charge is 0.497 e. The maximum absolute atomic E-state index is 13.1. The maximum Gasteiger partial charge on any atom is 0.344 e. The van der Waals surface area contributed by atoms with Gasteiger partial charge in [-0.2, -0.15) is 0 Å². The predicted octanol–water partition coefficient (Wildman–Crippen LogP) is 4.36. The monoisotopic (exact) mass is 396 g/mol. The normalized spacial score (nSPS) is 10.9. The molecule has 3 rings (SSSR count). The van der Waals surface area contributed by atoms with Crippen LogP contribution >= 0.6 is 0 Å². The van der Waals surface area contributed by atoms with Crippen molar-refractivity contribution in [2.45, 2.75) is 20.8 Å². The van der Waals surface area contributed by atoms with Crippen molar-refractivity contribution in [1.29, 1.82) is 0 Å². The minimum Gasteiger partial charge on any atom is -0.497 e. The average Bonchev–Trinajstić information content (AvgIpc) is 2.72. The standard InChI is InChI=1S/C23H24O6/c1-14(2)12-27-20(24)13-28-23-21(25)18-11-15(3)5-10-19(18)29-22(23)16-6-8-17(26-4)9-7-16/h5-11,14H,12-13H2,1-4H3. The van der Waals surface area contributed by atoms with E-state index in [2.05, 4.69) is 0 Å². The lowest BCUT2D eigenvalue weighted by Crippen LogP contribution is -2.20. The van der Waals surface area contributed by atoms with Crippen molar-refractivity contribution in [1.82, 2.24) is 0 Å². The van der Waals surface area contributed by atoms with Gasteiger partial charge in [0.25, 0.3) is 0 Å². The third-order valence-corrected chi connectivity index (χ3v) is 4.27. The van der Waals surface area contributed by atoms with Gasteiger partial charge in [-0.3, -0.25) is 4.79 Å². The molecule has 0 aliphatic carbocycles. The van der Waals surface area contributed by atoms with Crippen molar-refractivity contribution in [3.8, 4) is 22.8 Å². The molecule has 152 valence electrons. The van der Waals surface area contributed by atoms with Crippen LogP contribution in [0.2, 0.25) is 0 Å². The molecule has 0 aliphatic heterocycles. The highest BCUT2D eigenvalue weighted by molar-refractivity contribution is 5.83. The van der Waals surface area contributed by atoms with Crippen molar-refractivity contribution >= 4 is 16.9 Å². The molecule has 0 bridgehead atoms. The van der Waals surface area contributed by atoms with E-state index in [1.165, 1.54) is 0 Å². The fourth-order valence-corrected chi connectivity index (χ4v) is 2.79. The van der Waals surface area contributed by atoms with Crippen molar-refractivity contribution in [2.24, 2.45) is 5.92 Å². The Balaban J connectivity index is 2.03. The molecule has 3 aromatic rings. The number of rotatable bonds is 7. The van der Waals surface area contributed by atoms with Gasteiger partial charge >= 0.3 is 5.97 Å². The van der Waals surface area contributed by atoms with E-state index in [1.807, 2.05) is 26.8 Å². The minimum atomic E-state index is -0.539. The molecule has 0 atom stereocenters. The molecule has 0 N–H and O–H groups in total. The summed E-state index contributed by atoms with van der Waals surface area (Å²) in [6.07, 6.45) is 0. The van der Waals surface area contributed by atoms with Crippen LogP contribution in [-0.2, 0) is 9.53 Å². The van der Waals surface area contributed by atoms with Gasteiger partial charge in [0.15, 0.2) is 12.4 Å². The number of carbonyl (C=O) groups is 1. The average molecular weight is 396 g/mol. The molecule has 0 saturated carbocycles. The Morgan fingerprint density at radius 3 is 2.48 bits per heavy atom. The van der Waals surface area contributed by atoms with Gasteiger partial charge in [0.1, 0.15) is 11.3 Å². The lowest BCUT2D eigenvalue weighted by molar-refractivity contribution is -0.147. The number of ether oxygens (including phenoxy) is 3. The molecule has 6 nitrogen and oxygen atoms in total. The predicted molar refractivity (Wildman–Crippen MR) is 111 cm³/mol. The van der Waals surface area contributed by atoms with E-state index in [0.29, 0.717) is 28.9 Å². The lowest BCUT2D eigenvalue weighted by atomic mass is 10.1. The molecule has 29 heavy (non-hydrogen) atoms. The molecular formula is C23H24O6. The Bertz CT molecular complexity index is 1060. The van der Waals surface area contributed by atoms with Crippen LogP contribution in [0.5, 0.6) is 11.5 Å². The third kappa shape index (κ3) is 4.77. The summed E-state index contributed by atoms with van der Waals surface area (Å²) in [7, 11) is 1.57. The summed E-state index contributed by atoms with van der Waals surface area (Å²) in [4.78, 5) is 25.1. The number of aryl methyl sites for hydroxylation is 1. The first kappa shape index (κ1) is 20.5. The second-order valence-electron chi connectivity index (χ2n) is 7.18. The van der Waals surface area contributed by atoms with Crippen LogP contribution in [0.25, 0.3) is 22.3 Å². The van der Waals surface area contributed by atoms with Crippen LogP contribution in [-0.4, -0.2) is 26.3 Å². The van der Waals surface area contributed by atoms with Gasteiger partial charge in [-0.25, -0.2) is 4.79 Å². The van der Waals surface area contributed by atoms with Gasteiger partial charge < -0.3 is 18.6 Å². The molecule has 1 aromatic heterocycles. The van der Waals surface area contributed by atoms with E-state index in [-0.39, 0.29) is 29.5 Å². The summed E-state index contributed by atoms with van der Waals surface area (Å²) in [5, 5.41) is 0.396. The van der Waals surface area contributed by atoms with Crippen molar-refractivity contribution in [2.75, 3.05) is 20.3 Å². The molecule has 0 aliphatic rings. The van der Waals surface area contributed by atoms with Crippen LogP contribution in [0.4, 0.5) is 0 Å². The quantitative estimate of drug-likeness (QED) is 0.553. The Kier molecular flexibility index (Phi) is 6.22. The lowest BCUT2D eigenvalue weighted by Gasteiger charge is -2.12. The van der Waals surface area contributed by atoms with Gasteiger partial charge in [0.05, 0.1) is 19.1 Å². The number of methoxy groups -OCH3 is 1. The molecule has 1 heterocycles. The van der Waals surface area contributed by atoms with E-state index < -0.39 is 5.97 Å². The van der Waals surface area contributed by atoms with Gasteiger partial charge in [-0.15, -0.1) is 0 Å². The van der Waals surface area contributed by atoms with Crippen LogP contribution in [0, 0.1) is 12.8 Å². The van der Waals surface area contributed by atoms with Crippen molar-refractivity contribution in [3.63, 3.8) is 0 Å². The van der Waals surface area contributed by atoms with Crippen LogP contribution in [0.1, 0.15) is 19.4 Å². The number of carbonyl (C=O) groups excluding carboxylic acids is 1. The molecule has 0 radical (unpaired) electrons. The number of fused-ring (bicyclic) bond motifs is 1. The summed E-state index contributed by atoms with van der Waals surface area (Å²) in [6, 6.07) is 12.4. The highest BCUT2D eigenvalue weighted by Gasteiger charge is 2.19. The van der Waals surface area contributed by atoms with Gasteiger partial charge in [-0.1, -0.05) is 25.5 Å². The summed E-state index contributed by atoms with van der Waals surface area (Å²) in [5.74, 6) is 0.582. The Morgan fingerprint density at radius 2 is 1.83 bits per heavy atom. The number of benzene rings is 2. The molecule has 0 unspecified atom stereocenters. The summed E-state index contributed by atoms with van der Waals surface area (Å²) >= 11 is 0. The van der Waals surface area contributed by atoms with Crippen molar-refractivity contribution in [3.05, 3.63) is 58.3 Å². The molecule has 0 saturated heterocycles. The van der Waals surface area contributed by atoms with Gasteiger partial charge in [0, 0.05) is 5.56 Å². The fourth-order valence-electron chi connectivity index (χ4n) is 2.79. The zero-order valence-corrected chi connectivity index (χ0v) is 17.0. The SMILES string of the molecule is COc1ccc(-c2oc3ccc(C)cc3c(=O)c2OCC(=O)OCC(C)C)cc1. The second kappa shape index (κ2) is 8.82. The molecule has 0 fully saturated rings.